The Kier molecular flexibility index (Phi) is 7.57. The number of carbonyl (C=O) groups excluding carboxylic acids is 3. The lowest BCUT2D eigenvalue weighted by molar-refractivity contribution is -0.111. The van der Waals surface area contributed by atoms with Crippen LogP contribution < -0.4 is 10.2 Å². The highest BCUT2D eigenvalue weighted by atomic mass is 16.5. The zero-order valence-corrected chi connectivity index (χ0v) is 19.5. The number of methoxy groups -OCH3 is 1. The highest BCUT2D eigenvalue weighted by Crippen LogP contribution is 2.29. The first-order valence-electron chi connectivity index (χ1n) is 11.4. The highest BCUT2D eigenvalue weighted by Gasteiger charge is 2.24. The van der Waals surface area contributed by atoms with Gasteiger partial charge in [-0.05, 0) is 42.0 Å². The number of piperazine rings is 1. The Balaban J connectivity index is 1.50. The molecule has 1 aliphatic rings. The number of amides is 2. The van der Waals surface area contributed by atoms with Gasteiger partial charge in [-0.25, -0.2) is 4.79 Å². The molecule has 1 N–H and O–H groups in total. The second-order valence-electron chi connectivity index (χ2n) is 8.10. The van der Waals surface area contributed by atoms with Crippen LogP contribution in [0.1, 0.15) is 26.3 Å². The van der Waals surface area contributed by atoms with Gasteiger partial charge in [-0.2, -0.15) is 0 Å². The lowest BCUT2D eigenvalue weighted by Crippen LogP contribution is -2.49. The van der Waals surface area contributed by atoms with Crippen molar-refractivity contribution in [2.45, 2.75) is 0 Å². The normalized spacial score (nSPS) is 13.5. The number of rotatable bonds is 6. The van der Waals surface area contributed by atoms with Crippen LogP contribution in [0.15, 0.2) is 84.9 Å². The first kappa shape index (κ1) is 23.8. The van der Waals surface area contributed by atoms with E-state index in [1.807, 2.05) is 65.6 Å². The minimum absolute atomic E-state index is 0.00543. The van der Waals surface area contributed by atoms with Gasteiger partial charge in [0.2, 0.25) is 5.91 Å². The molecule has 0 spiro atoms. The number of anilines is 2. The number of hydrogen-bond donors (Lipinski definition) is 1. The van der Waals surface area contributed by atoms with E-state index in [1.54, 1.807) is 24.3 Å². The molecule has 3 aromatic carbocycles. The summed E-state index contributed by atoms with van der Waals surface area (Å²) in [6, 6.07) is 23.9. The molecular formula is C28H27N3O4. The molecule has 0 atom stereocenters. The molecule has 3 aromatic rings. The Labute approximate surface area is 204 Å². The number of hydrogen-bond acceptors (Lipinski definition) is 5. The van der Waals surface area contributed by atoms with E-state index in [9.17, 15) is 14.4 Å². The standard InChI is InChI=1S/C28H27N3O4/c1-35-28(34)23-13-14-25(24(20-23)29-26(32)15-12-21-8-4-2-5-9-21)30-16-18-31(19-17-30)27(33)22-10-6-3-7-11-22/h2-15,20H,16-19H2,1H3,(H,29,32)/b15-12+. The van der Waals surface area contributed by atoms with Gasteiger partial charge in [0.1, 0.15) is 0 Å². The number of benzene rings is 3. The fourth-order valence-electron chi connectivity index (χ4n) is 3.98. The van der Waals surface area contributed by atoms with Crippen molar-refractivity contribution in [3.05, 3.63) is 102 Å². The average molecular weight is 470 g/mol. The van der Waals surface area contributed by atoms with Crippen molar-refractivity contribution in [3.63, 3.8) is 0 Å². The highest BCUT2D eigenvalue weighted by molar-refractivity contribution is 6.05. The van der Waals surface area contributed by atoms with Gasteiger partial charge in [0, 0.05) is 37.8 Å². The van der Waals surface area contributed by atoms with Gasteiger partial charge in [0.15, 0.2) is 0 Å². The largest absolute Gasteiger partial charge is 0.465 e. The summed E-state index contributed by atoms with van der Waals surface area (Å²) in [6.45, 7) is 2.29. The van der Waals surface area contributed by atoms with Crippen LogP contribution in [-0.4, -0.2) is 56.0 Å². The third-order valence-electron chi connectivity index (χ3n) is 5.83. The van der Waals surface area contributed by atoms with Gasteiger partial charge < -0.3 is 19.9 Å². The number of esters is 1. The van der Waals surface area contributed by atoms with Crippen molar-refractivity contribution in [2.75, 3.05) is 43.5 Å². The maximum absolute atomic E-state index is 12.8. The average Bonchev–Trinajstić information content (AvgIpc) is 2.92. The molecular weight excluding hydrogens is 442 g/mol. The van der Waals surface area contributed by atoms with Crippen LogP contribution in [0.4, 0.5) is 11.4 Å². The molecule has 1 saturated heterocycles. The molecule has 1 heterocycles. The van der Waals surface area contributed by atoms with Gasteiger partial charge in [-0.15, -0.1) is 0 Å². The van der Waals surface area contributed by atoms with Crippen LogP contribution in [0.2, 0.25) is 0 Å². The molecule has 4 rings (SSSR count). The van der Waals surface area contributed by atoms with Gasteiger partial charge in [-0.3, -0.25) is 9.59 Å². The van der Waals surface area contributed by atoms with Crippen LogP contribution >= 0.6 is 0 Å². The van der Waals surface area contributed by atoms with E-state index in [0.717, 1.165) is 11.3 Å². The molecule has 0 aliphatic carbocycles. The zero-order valence-electron chi connectivity index (χ0n) is 19.5. The van der Waals surface area contributed by atoms with Crippen LogP contribution in [0, 0.1) is 0 Å². The Hall–Kier alpha value is -4.39. The molecule has 0 saturated carbocycles. The van der Waals surface area contributed by atoms with Crippen molar-refractivity contribution in [1.82, 2.24) is 4.90 Å². The molecule has 35 heavy (non-hydrogen) atoms. The maximum atomic E-state index is 12.8. The summed E-state index contributed by atoms with van der Waals surface area (Å²) >= 11 is 0. The number of ether oxygens (including phenoxy) is 1. The lowest BCUT2D eigenvalue weighted by atomic mass is 10.1. The Morgan fingerprint density at radius 2 is 1.49 bits per heavy atom. The zero-order chi connectivity index (χ0) is 24.6. The van der Waals surface area contributed by atoms with Gasteiger partial charge >= 0.3 is 5.97 Å². The van der Waals surface area contributed by atoms with E-state index < -0.39 is 5.97 Å². The third-order valence-corrected chi connectivity index (χ3v) is 5.83. The lowest BCUT2D eigenvalue weighted by Gasteiger charge is -2.37. The SMILES string of the molecule is COC(=O)c1ccc(N2CCN(C(=O)c3ccccc3)CC2)c(NC(=O)/C=C/c2ccccc2)c1. The molecule has 1 fully saturated rings. The Morgan fingerprint density at radius 3 is 2.14 bits per heavy atom. The van der Waals surface area contributed by atoms with E-state index in [4.69, 9.17) is 4.74 Å². The molecule has 7 nitrogen and oxygen atoms in total. The molecule has 7 heteroatoms. The van der Waals surface area contributed by atoms with Crippen molar-refractivity contribution in [3.8, 4) is 0 Å². The Bertz CT molecular complexity index is 1220. The topological polar surface area (TPSA) is 79.0 Å². The molecule has 1 aliphatic heterocycles. The number of carbonyl (C=O) groups is 3. The summed E-state index contributed by atoms with van der Waals surface area (Å²) < 4.78 is 4.85. The molecule has 0 aromatic heterocycles. The van der Waals surface area contributed by atoms with Crippen molar-refractivity contribution in [2.24, 2.45) is 0 Å². The predicted molar refractivity (Wildman–Crippen MR) is 136 cm³/mol. The summed E-state index contributed by atoms with van der Waals surface area (Å²) in [4.78, 5) is 41.5. The summed E-state index contributed by atoms with van der Waals surface area (Å²) in [5.74, 6) is -0.786. The second-order valence-corrected chi connectivity index (χ2v) is 8.10. The van der Waals surface area contributed by atoms with Crippen molar-refractivity contribution < 1.29 is 19.1 Å². The van der Waals surface area contributed by atoms with E-state index in [1.165, 1.54) is 13.2 Å². The fraction of sp³-hybridized carbons (Fsp3) is 0.179. The van der Waals surface area contributed by atoms with Crippen LogP contribution in [0.5, 0.6) is 0 Å². The quantitative estimate of drug-likeness (QED) is 0.435. The summed E-state index contributed by atoms with van der Waals surface area (Å²) in [5, 5.41) is 2.90. The van der Waals surface area contributed by atoms with Crippen molar-refractivity contribution in [1.29, 1.82) is 0 Å². The minimum atomic E-state index is -0.481. The van der Waals surface area contributed by atoms with E-state index in [2.05, 4.69) is 10.2 Å². The van der Waals surface area contributed by atoms with Crippen LogP contribution in [-0.2, 0) is 9.53 Å². The molecule has 0 radical (unpaired) electrons. The Morgan fingerprint density at radius 1 is 0.829 bits per heavy atom. The van der Waals surface area contributed by atoms with E-state index >= 15 is 0 Å². The first-order chi connectivity index (χ1) is 17.0. The van der Waals surface area contributed by atoms with Crippen LogP contribution in [0.25, 0.3) is 6.08 Å². The van der Waals surface area contributed by atoms with Gasteiger partial charge in [-0.1, -0.05) is 48.5 Å². The maximum Gasteiger partial charge on any atom is 0.337 e. The fourth-order valence-corrected chi connectivity index (χ4v) is 3.98. The van der Waals surface area contributed by atoms with Crippen molar-refractivity contribution >= 4 is 35.2 Å². The van der Waals surface area contributed by atoms with E-state index in [-0.39, 0.29) is 11.8 Å². The van der Waals surface area contributed by atoms with Crippen LogP contribution in [0.3, 0.4) is 0 Å². The minimum Gasteiger partial charge on any atom is -0.465 e. The summed E-state index contributed by atoms with van der Waals surface area (Å²) in [7, 11) is 1.32. The van der Waals surface area contributed by atoms with E-state index in [0.29, 0.717) is 43.0 Å². The monoisotopic (exact) mass is 469 g/mol. The molecule has 0 unspecified atom stereocenters. The smallest absolute Gasteiger partial charge is 0.337 e. The third kappa shape index (κ3) is 5.95. The molecule has 2 amide bonds. The summed E-state index contributed by atoms with van der Waals surface area (Å²) in [5.41, 5.74) is 3.22. The molecule has 0 bridgehead atoms. The predicted octanol–water partition coefficient (Wildman–Crippen LogP) is 4.09. The number of nitrogens with one attached hydrogen (secondary N) is 1. The van der Waals surface area contributed by atoms with Gasteiger partial charge in [0.25, 0.3) is 5.91 Å². The second kappa shape index (κ2) is 11.2. The first-order valence-corrected chi connectivity index (χ1v) is 11.4. The van der Waals surface area contributed by atoms with Gasteiger partial charge in [0.05, 0.1) is 24.0 Å². The number of nitrogens with zero attached hydrogens (tertiary/aromatic N) is 2. The molecule has 178 valence electrons. The summed E-state index contributed by atoms with van der Waals surface area (Å²) in [6.07, 6.45) is 3.19.